The van der Waals surface area contributed by atoms with E-state index in [1.807, 2.05) is 31.3 Å². The minimum atomic E-state index is -0.425. The molecule has 156 valence electrons. The second-order valence-electron chi connectivity index (χ2n) is 9.36. The van der Waals surface area contributed by atoms with E-state index < -0.39 is 5.54 Å². The normalized spacial score (nSPS) is 23.6. The fourth-order valence-electron chi connectivity index (χ4n) is 4.62. The number of rotatable bonds is 2. The van der Waals surface area contributed by atoms with Gasteiger partial charge in [0.2, 0.25) is 0 Å². The third-order valence-electron chi connectivity index (χ3n) is 5.95. The fourth-order valence-corrected chi connectivity index (χ4v) is 4.62. The van der Waals surface area contributed by atoms with E-state index in [0.717, 1.165) is 45.8 Å². The molecule has 0 aliphatic carbocycles. The van der Waals surface area contributed by atoms with Gasteiger partial charge in [-0.3, -0.25) is 4.79 Å². The maximum absolute atomic E-state index is 12.5. The van der Waals surface area contributed by atoms with Crippen molar-refractivity contribution in [3.05, 3.63) is 53.0 Å². The number of amides is 1. The molecule has 1 fully saturated rings. The molecule has 0 saturated carbocycles. The van der Waals surface area contributed by atoms with Crippen molar-refractivity contribution < 1.29 is 9.53 Å². The number of nitrogens with one attached hydrogen (secondary N) is 3. The van der Waals surface area contributed by atoms with Crippen LogP contribution in [0.25, 0.3) is 11.0 Å². The molecule has 3 aromatic rings. The molecule has 1 saturated heterocycles. The van der Waals surface area contributed by atoms with E-state index in [9.17, 15) is 4.79 Å². The molecule has 30 heavy (non-hydrogen) atoms. The lowest BCUT2D eigenvalue weighted by Crippen LogP contribution is -2.45. The number of fused-ring (bicyclic) bond motifs is 3. The molecule has 5 rings (SSSR count). The number of carbonyl (C=O) groups is 1. The summed E-state index contributed by atoms with van der Waals surface area (Å²) in [6, 6.07) is 7.89. The monoisotopic (exact) mass is 405 g/mol. The van der Waals surface area contributed by atoms with Gasteiger partial charge in [0.1, 0.15) is 5.82 Å². The maximum Gasteiger partial charge on any atom is 0.253 e. The van der Waals surface area contributed by atoms with Gasteiger partial charge in [0, 0.05) is 23.7 Å². The quantitative estimate of drug-likeness (QED) is 0.600. The highest BCUT2D eigenvalue weighted by molar-refractivity contribution is 5.99. The molecule has 0 radical (unpaired) electrons. The molecule has 3 N–H and O–H groups in total. The summed E-state index contributed by atoms with van der Waals surface area (Å²) in [5.74, 6) is 0.769. The number of benzene rings is 1. The van der Waals surface area contributed by atoms with Gasteiger partial charge in [0.25, 0.3) is 5.91 Å². The summed E-state index contributed by atoms with van der Waals surface area (Å²) in [6.45, 7) is 8.85. The number of aromatic nitrogens is 3. The van der Waals surface area contributed by atoms with Crippen LogP contribution in [0.4, 0.5) is 5.82 Å². The number of carbonyl (C=O) groups excluding carboxylic acids is 1. The summed E-state index contributed by atoms with van der Waals surface area (Å²) in [5, 5.41) is 6.67. The van der Waals surface area contributed by atoms with Crippen LogP contribution in [0.2, 0.25) is 0 Å². The molecule has 0 bridgehead atoms. The Kier molecular flexibility index (Phi) is 4.15. The molecule has 2 aliphatic heterocycles. The van der Waals surface area contributed by atoms with Crippen LogP contribution < -0.4 is 10.6 Å². The zero-order valence-electron chi connectivity index (χ0n) is 17.8. The van der Waals surface area contributed by atoms with Crippen LogP contribution in [-0.4, -0.2) is 33.0 Å². The number of hydrogen-bond donors (Lipinski definition) is 3. The average Bonchev–Trinajstić information content (AvgIpc) is 3.26. The first-order chi connectivity index (χ1) is 14.3. The number of ether oxygens (including phenoxy) is 1. The Morgan fingerprint density at radius 3 is 2.87 bits per heavy atom. The first-order valence-electron chi connectivity index (χ1n) is 10.4. The fraction of sp³-hybridized carbons (Fsp3) is 0.435. The first-order valence-corrected chi connectivity index (χ1v) is 10.4. The van der Waals surface area contributed by atoms with E-state index in [2.05, 4.69) is 42.5 Å². The second-order valence-corrected chi connectivity index (χ2v) is 9.36. The van der Waals surface area contributed by atoms with Gasteiger partial charge in [0.05, 0.1) is 46.2 Å². The van der Waals surface area contributed by atoms with E-state index in [4.69, 9.17) is 14.7 Å². The molecule has 2 aliphatic rings. The van der Waals surface area contributed by atoms with Crippen LogP contribution >= 0.6 is 0 Å². The van der Waals surface area contributed by atoms with Crippen molar-refractivity contribution in [2.75, 3.05) is 11.9 Å². The lowest BCUT2D eigenvalue weighted by atomic mass is 9.82. The van der Waals surface area contributed by atoms with Gasteiger partial charge in [0.15, 0.2) is 0 Å². The molecule has 4 heterocycles. The predicted molar refractivity (Wildman–Crippen MR) is 116 cm³/mol. The highest BCUT2D eigenvalue weighted by atomic mass is 16.5. The number of aromatic amines is 1. The Hall–Kier alpha value is -2.93. The molecule has 7 heteroatoms. The van der Waals surface area contributed by atoms with Crippen molar-refractivity contribution in [2.45, 2.75) is 57.7 Å². The summed E-state index contributed by atoms with van der Waals surface area (Å²) in [5.41, 5.74) is 4.73. The van der Waals surface area contributed by atoms with E-state index in [1.54, 1.807) is 0 Å². The van der Waals surface area contributed by atoms with Crippen molar-refractivity contribution in [2.24, 2.45) is 0 Å². The number of anilines is 1. The van der Waals surface area contributed by atoms with Crippen molar-refractivity contribution in [1.29, 1.82) is 0 Å². The second kappa shape index (κ2) is 6.54. The van der Waals surface area contributed by atoms with Crippen LogP contribution in [-0.2, 0) is 10.3 Å². The third-order valence-corrected chi connectivity index (χ3v) is 5.95. The zero-order valence-corrected chi connectivity index (χ0v) is 17.8. The molecule has 1 amide bonds. The van der Waals surface area contributed by atoms with Gasteiger partial charge in [-0.2, -0.15) is 0 Å². The number of H-pyrrole nitrogens is 1. The topological polar surface area (TPSA) is 91.9 Å². The molecule has 2 aromatic heterocycles. The smallest absolute Gasteiger partial charge is 0.253 e. The average molecular weight is 406 g/mol. The molecular formula is C23H27N5O2. The standard InChI is InChI=1S/C23H27N5O2/c1-13-20(27-22(2,3)4)26-18-14(6-5-7-16(18)25-13)17-12-23(9-11-30-17)19-15(8-10-24-19)21(29)28-23/h5-8,10,17,24H,9,11-12H2,1-4H3,(H,26,27)(H,28,29). The lowest BCUT2D eigenvalue weighted by molar-refractivity contribution is -0.0284. The van der Waals surface area contributed by atoms with Crippen LogP contribution in [0.15, 0.2) is 30.5 Å². The molecule has 2 unspecified atom stereocenters. The van der Waals surface area contributed by atoms with Gasteiger partial charge in [-0.15, -0.1) is 0 Å². The van der Waals surface area contributed by atoms with E-state index in [-0.39, 0.29) is 17.6 Å². The number of hydrogen-bond acceptors (Lipinski definition) is 5. The summed E-state index contributed by atoms with van der Waals surface area (Å²) in [4.78, 5) is 25.5. The third kappa shape index (κ3) is 3.04. The Morgan fingerprint density at radius 1 is 1.23 bits per heavy atom. The largest absolute Gasteiger partial charge is 0.373 e. The van der Waals surface area contributed by atoms with Gasteiger partial charge in [-0.05, 0) is 46.2 Å². The number of para-hydroxylation sites is 1. The molecular weight excluding hydrogens is 378 g/mol. The van der Waals surface area contributed by atoms with Crippen molar-refractivity contribution in [1.82, 2.24) is 20.3 Å². The van der Waals surface area contributed by atoms with Crippen molar-refractivity contribution >= 4 is 22.8 Å². The number of aryl methyl sites for hydroxylation is 1. The van der Waals surface area contributed by atoms with Crippen LogP contribution in [0.3, 0.4) is 0 Å². The predicted octanol–water partition coefficient (Wildman–Crippen LogP) is 3.97. The minimum Gasteiger partial charge on any atom is -0.373 e. The summed E-state index contributed by atoms with van der Waals surface area (Å²) >= 11 is 0. The SMILES string of the molecule is Cc1nc2cccc(C3CC4(CCO3)NC(=O)c3cc[nH]c34)c2nc1NC(C)(C)C. The van der Waals surface area contributed by atoms with Gasteiger partial charge in [-0.1, -0.05) is 12.1 Å². The lowest BCUT2D eigenvalue weighted by Gasteiger charge is -2.38. The number of nitrogens with zero attached hydrogens (tertiary/aromatic N) is 2. The Balaban J connectivity index is 1.56. The van der Waals surface area contributed by atoms with Gasteiger partial charge < -0.3 is 20.4 Å². The first kappa shape index (κ1) is 19.1. The van der Waals surface area contributed by atoms with Crippen molar-refractivity contribution in [3.8, 4) is 0 Å². The molecule has 1 spiro atoms. The van der Waals surface area contributed by atoms with Crippen LogP contribution in [0.1, 0.15) is 67.0 Å². The summed E-state index contributed by atoms with van der Waals surface area (Å²) in [7, 11) is 0. The van der Waals surface area contributed by atoms with Crippen LogP contribution in [0, 0.1) is 6.92 Å². The van der Waals surface area contributed by atoms with Gasteiger partial charge >= 0.3 is 0 Å². The van der Waals surface area contributed by atoms with E-state index in [0.29, 0.717) is 13.0 Å². The molecule has 2 atom stereocenters. The zero-order chi connectivity index (χ0) is 21.1. The molecule has 1 aromatic carbocycles. The maximum atomic E-state index is 12.5. The van der Waals surface area contributed by atoms with E-state index >= 15 is 0 Å². The minimum absolute atomic E-state index is 0.0168. The summed E-state index contributed by atoms with van der Waals surface area (Å²) in [6.07, 6.45) is 3.06. The molecule has 7 nitrogen and oxygen atoms in total. The summed E-state index contributed by atoms with van der Waals surface area (Å²) < 4.78 is 6.20. The van der Waals surface area contributed by atoms with Gasteiger partial charge in [-0.25, -0.2) is 9.97 Å². The van der Waals surface area contributed by atoms with E-state index in [1.165, 1.54) is 0 Å². The highest BCUT2D eigenvalue weighted by Crippen LogP contribution is 2.45. The van der Waals surface area contributed by atoms with Crippen molar-refractivity contribution in [3.63, 3.8) is 0 Å². The highest BCUT2D eigenvalue weighted by Gasteiger charge is 2.48. The Morgan fingerprint density at radius 2 is 2.07 bits per heavy atom. The van der Waals surface area contributed by atoms with Crippen LogP contribution in [0.5, 0.6) is 0 Å². The Bertz CT molecular complexity index is 1150. The Labute approximate surface area is 175 Å².